The molecule has 1 heterocycles. The van der Waals surface area contributed by atoms with E-state index in [0.717, 1.165) is 31.1 Å². The highest BCUT2D eigenvalue weighted by atomic mass is 32.2. The molecule has 0 unspecified atom stereocenters. The first-order chi connectivity index (χ1) is 9.24. The second kappa shape index (κ2) is 6.98. The van der Waals surface area contributed by atoms with Crippen molar-refractivity contribution >= 4 is 17.6 Å². The van der Waals surface area contributed by atoms with Crippen molar-refractivity contribution in [2.75, 3.05) is 11.6 Å². The van der Waals surface area contributed by atoms with E-state index < -0.39 is 0 Å². The van der Waals surface area contributed by atoms with Crippen LogP contribution in [0, 0.1) is 0 Å². The van der Waals surface area contributed by atoms with Gasteiger partial charge in [-0.3, -0.25) is 4.79 Å². The van der Waals surface area contributed by atoms with Gasteiger partial charge in [-0.05, 0) is 38.4 Å². The predicted molar refractivity (Wildman–Crippen MR) is 82.0 cm³/mol. The molecule has 1 aromatic heterocycles. The zero-order valence-corrected chi connectivity index (χ0v) is 12.6. The zero-order chi connectivity index (χ0) is 13.7. The lowest BCUT2D eigenvalue weighted by Crippen LogP contribution is -2.32. The molecule has 1 aliphatic rings. The lowest BCUT2D eigenvalue weighted by atomic mass is 9.95. The van der Waals surface area contributed by atoms with E-state index in [2.05, 4.69) is 23.5 Å². The van der Waals surface area contributed by atoms with Gasteiger partial charge in [-0.2, -0.15) is 11.8 Å². The maximum absolute atomic E-state index is 12.2. The minimum absolute atomic E-state index is 0.0105. The van der Waals surface area contributed by atoms with Crippen LogP contribution < -0.4 is 10.9 Å². The van der Waals surface area contributed by atoms with Crippen molar-refractivity contribution < 1.29 is 0 Å². The smallest absolute Gasteiger partial charge is 0.293 e. The van der Waals surface area contributed by atoms with Gasteiger partial charge < -0.3 is 9.88 Å². The van der Waals surface area contributed by atoms with E-state index in [4.69, 9.17) is 0 Å². The number of nitrogens with zero attached hydrogens (tertiary/aromatic N) is 2. The monoisotopic (exact) mass is 281 g/mol. The third-order valence-electron chi connectivity index (χ3n) is 3.73. The molecule has 4 nitrogen and oxygen atoms in total. The Balaban J connectivity index is 2.00. The van der Waals surface area contributed by atoms with Gasteiger partial charge in [0.05, 0.1) is 0 Å². The van der Waals surface area contributed by atoms with Crippen LogP contribution in [-0.4, -0.2) is 27.1 Å². The summed E-state index contributed by atoms with van der Waals surface area (Å²) < 4.78 is 1.74. The zero-order valence-electron chi connectivity index (χ0n) is 11.8. The van der Waals surface area contributed by atoms with Crippen molar-refractivity contribution in [2.45, 2.75) is 56.9 Å². The molecule has 1 aliphatic carbocycles. The van der Waals surface area contributed by atoms with Crippen LogP contribution in [-0.2, 0) is 6.54 Å². The first kappa shape index (κ1) is 14.4. The molecule has 0 aromatic carbocycles. The number of anilines is 1. The van der Waals surface area contributed by atoms with E-state index in [9.17, 15) is 4.79 Å². The second-order valence-electron chi connectivity index (χ2n) is 5.13. The topological polar surface area (TPSA) is 46.9 Å². The summed E-state index contributed by atoms with van der Waals surface area (Å²) in [4.78, 5) is 16.4. The average molecular weight is 281 g/mol. The van der Waals surface area contributed by atoms with Crippen LogP contribution in [0.5, 0.6) is 0 Å². The Morgan fingerprint density at radius 1 is 1.42 bits per heavy atom. The molecule has 1 N–H and O–H groups in total. The fraction of sp³-hybridized carbons (Fsp3) is 0.714. The summed E-state index contributed by atoms with van der Waals surface area (Å²) in [6.45, 7) is 2.83. The fourth-order valence-electron chi connectivity index (χ4n) is 2.60. The van der Waals surface area contributed by atoms with Crippen molar-refractivity contribution in [2.24, 2.45) is 0 Å². The normalized spacial score (nSPS) is 23.3. The largest absolute Gasteiger partial charge is 0.363 e. The number of aromatic nitrogens is 2. The van der Waals surface area contributed by atoms with Crippen LogP contribution in [0.4, 0.5) is 5.82 Å². The van der Waals surface area contributed by atoms with E-state index in [1.807, 2.05) is 11.8 Å². The van der Waals surface area contributed by atoms with Gasteiger partial charge in [-0.25, -0.2) is 4.98 Å². The Morgan fingerprint density at radius 2 is 2.16 bits per heavy atom. The summed E-state index contributed by atoms with van der Waals surface area (Å²) in [5.74, 6) is 0.517. The molecule has 0 saturated heterocycles. The maximum atomic E-state index is 12.2. The summed E-state index contributed by atoms with van der Waals surface area (Å²) >= 11 is 1.96. The summed E-state index contributed by atoms with van der Waals surface area (Å²) in [6, 6.07) is 0.404. The van der Waals surface area contributed by atoms with Crippen LogP contribution in [0.25, 0.3) is 0 Å². The first-order valence-electron chi connectivity index (χ1n) is 7.09. The molecule has 1 saturated carbocycles. The third kappa shape index (κ3) is 3.75. The van der Waals surface area contributed by atoms with Gasteiger partial charge in [0.2, 0.25) is 0 Å². The van der Waals surface area contributed by atoms with Crippen LogP contribution in [0.2, 0.25) is 0 Å². The summed E-state index contributed by atoms with van der Waals surface area (Å²) in [6.07, 6.45) is 11.4. The molecular weight excluding hydrogens is 258 g/mol. The Morgan fingerprint density at radius 3 is 2.79 bits per heavy atom. The van der Waals surface area contributed by atoms with Crippen LogP contribution in [0.15, 0.2) is 17.2 Å². The van der Waals surface area contributed by atoms with Crippen molar-refractivity contribution in [3.63, 3.8) is 0 Å². The highest BCUT2D eigenvalue weighted by Crippen LogP contribution is 2.27. The SMILES string of the molecule is CCCn1ccnc(NC2CCC(SC)CC2)c1=O. The fourth-order valence-corrected chi connectivity index (χ4v) is 3.34. The highest BCUT2D eigenvalue weighted by Gasteiger charge is 2.21. The van der Waals surface area contributed by atoms with Crippen molar-refractivity contribution in [1.29, 1.82) is 0 Å². The van der Waals surface area contributed by atoms with Crippen LogP contribution >= 0.6 is 11.8 Å². The Labute approximate surface area is 119 Å². The van der Waals surface area contributed by atoms with Crippen LogP contribution in [0.3, 0.4) is 0 Å². The molecule has 0 spiro atoms. The van der Waals surface area contributed by atoms with Gasteiger partial charge in [0.1, 0.15) is 0 Å². The minimum atomic E-state index is 0.0105. The van der Waals surface area contributed by atoms with E-state index >= 15 is 0 Å². The van der Waals surface area contributed by atoms with Crippen molar-refractivity contribution in [1.82, 2.24) is 9.55 Å². The average Bonchev–Trinajstić information content (AvgIpc) is 2.44. The van der Waals surface area contributed by atoms with Gasteiger partial charge in [0, 0.05) is 30.2 Å². The van der Waals surface area contributed by atoms with E-state index in [0.29, 0.717) is 11.9 Å². The molecule has 5 heteroatoms. The number of nitrogens with one attached hydrogen (secondary N) is 1. The van der Waals surface area contributed by atoms with Gasteiger partial charge in [0.15, 0.2) is 5.82 Å². The lowest BCUT2D eigenvalue weighted by Gasteiger charge is -2.28. The number of hydrogen-bond donors (Lipinski definition) is 1. The number of hydrogen-bond acceptors (Lipinski definition) is 4. The molecular formula is C14H23N3OS. The Bertz CT molecular complexity index is 452. The summed E-state index contributed by atoms with van der Waals surface area (Å²) in [5, 5.41) is 4.13. The number of thioether (sulfide) groups is 1. The standard InChI is InChI=1S/C14H23N3OS/c1-3-9-17-10-8-15-13(14(17)18)16-11-4-6-12(19-2)7-5-11/h8,10-12H,3-7,9H2,1-2H3,(H,15,16). The molecule has 1 fully saturated rings. The van der Waals surface area contributed by atoms with Crippen molar-refractivity contribution in [3.8, 4) is 0 Å². The van der Waals surface area contributed by atoms with Crippen molar-refractivity contribution in [3.05, 3.63) is 22.7 Å². The summed E-state index contributed by atoms with van der Waals surface area (Å²) in [7, 11) is 0. The molecule has 0 atom stereocenters. The molecule has 0 aliphatic heterocycles. The quantitative estimate of drug-likeness (QED) is 0.901. The maximum Gasteiger partial charge on any atom is 0.293 e. The van der Waals surface area contributed by atoms with E-state index in [-0.39, 0.29) is 5.56 Å². The Hall–Kier alpha value is -0.970. The minimum Gasteiger partial charge on any atom is -0.363 e. The molecule has 0 bridgehead atoms. The first-order valence-corrected chi connectivity index (χ1v) is 8.38. The number of rotatable bonds is 5. The van der Waals surface area contributed by atoms with E-state index in [1.54, 1.807) is 17.0 Å². The second-order valence-corrected chi connectivity index (χ2v) is 6.27. The number of aryl methyl sites for hydroxylation is 1. The molecule has 2 rings (SSSR count). The third-order valence-corrected chi connectivity index (χ3v) is 4.86. The summed E-state index contributed by atoms with van der Waals surface area (Å²) in [5.41, 5.74) is 0.0105. The van der Waals surface area contributed by atoms with Gasteiger partial charge in [-0.1, -0.05) is 6.92 Å². The highest BCUT2D eigenvalue weighted by molar-refractivity contribution is 7.99. The van der Waals surface area contributed by atoms with Gasteiger partial charge >= 0.3 is 0 Å². The molecule has 106 valence electrons. The molecule has 1 aromatic rings. The molecule has 19 heavy (non-hydrogen) atoms. The van der Waals surface area contributed by atoms with Gasteiger partial charge in [-0.15, -0.1) is 0 Å². The van der Waals surface area contributed by atoms with E-state index in [1.165, 1.54) is 12.8 Å². The van der Waals surface area contributed by atoms with Gasteiger partial charge in [0.25, 0.3) is 5.56 Å². The molecule has 0 radical (unpaired) electrons. The predicted octanol–water partition coefficient (Wildman–Crippen LogP) is 2.74. The molecule has 0 amide bonds. The Kier molecular flexibility index (Phi) is 5.31. The van der Waals surface area contributed by atoms with Crippen LogP contribution in [0.1, 0.15) is 39.0 Å². The lowest BCUT2D eigenvalue weighted by molar-refractivity contribution is 0.471.